The number of carbonyl (C=O) groups excluding carboxylic acids is 3. The Hall–Kier alpha value is -5.33. The summed E-state index contributed by atoms with van der Waals surface area (Å²) in [6.07, 6.45) is 4.10. The number of rotatable bonds is 13. The molecular formula is C46H53N5O6S. The highest BCUT2D eigenvalue weighted by atomic mass is 32.1. The highest BCUT2D eigenvalue weighted by Gasteiger charge is 2.28. The third-order valence-electron chi connectivity index (χ3n) is 10.7. The summed E-state index contributed by atoms with van der Waals surface area (Å²) in [6, 6.07) is 23.5. The number of piperidine rings is 1. The van der Waals surface area contributed by atoms with Crippen molar-refractivity contribution in [1.29, 1.82) is 0 Å². The van der Waals surface area contributed by atoms with Gasteiger partial charge in [-0.1, -0.05) is 47.7 Å². The number of hydrogen-bond donors (Lipinski definition) is 1. The maximum absolute atomic E-state index is 13.9. The largest absolute Gasteiger partial charge is 0.493 e. The van der Waals surface area contributed by atoms with Crippen molar-refractivity contribution in [2.75, 3.05) is 49.6 Å². The molecule has 7 rings (SSSR count). The number of anilines is 2. The van der Waals surface area contributed by atoms with E-state index in [4.69, 9.17) is 19.2 Å². The lowest BCUT2D eigenvalue weighted by Gasteiger charge is -2.31. The number of esters is 2. The maximum atomic E-state index is 13.9. The second-order valence-corrected chi connectivity index (χ2v) is 17.1. The highest BCUT2D eigenvalue weighted by Crippen LogP contribution is 2.35. The summed E-state index contributed by atoms with van der Waals surface area (Å²) in [5.74, 6) is 0.977. The fourth-order valence-corrected chi connectivity index (χ4v) is 8.67. The number of nitrogens with one attached hydrogen (secondary N) is 1. The van der Waals surface area contributed by atoms with Crippen LogP contribution in [0.3, 0.4) is 0 Å². The zero-order chi connectivity index (χ0) is 40.8. The molecule has 0 atom stereocenters. The van der Waals surface area contributed by atoms with Gasteiger partial charge in [-0.3, -0.25) is 14.9 Å². The second-order valence-electron chi connectivity index (χ2n) is 16.0. The Morgan fingerprint density at radius 3 is 2.48 bits per heavy atom. The van der Waals surface area contributed by atoms with Gasteiger partial charge in [-0.25, -0.2) is 14.8 Å². The number of thiazole rings is 1. The summed E-state index contributed by atoms with van der Waals surface area (Å²) < 4.78 is 18.4. The van der Waals surface area contributed by atoms with E-state index in [9.17, 15) is 14.4 Å². The molecule has 5 aromatic rings. The van der Waals surface area contributed by atoms with Gasteiger partial charge in [-0.05, 0) is 138 Å². The zero-order valence-electron chi connectivity index (χ0n) is 34.1. The van der Waals surface area contributed by atoms with Crippen molar-refractivity contribution in [1.82, 2.24) is 14.9 Å². The first kappa shape index (κ1) is 40.9. The third kappa shape index (κ3) is 9.85. The van der Waals surface area contributed by atoms with Crippen LogP contribution >= 0.6 is 11.3 Å². The minimum Gasteiger partial charge on any atom is -0.493 e. The standard InChI is InChI=1S/C46H53N5O6S/c1-6-55-41(52)28-31-20-24-50(25-21-31)23-11-27-56-38-16-10-13-33(30(38)2)34-18-19-40(48-42(34)44(54)57-46(3,4)5)51-26-22-32-12-9-14-35(36(32)29-51)43(53)49-45-47-37-15-7-8-17-39(37)58-45/h7-10,12-19,31H,6,11,20-29H2,1-5H3,(H,47,49,53). The number of para-hydroxylation sites is 1. The van der Waals surface area contributed by atoms with Gasteiger partial charge < -0.3 is 24.0 Å². The Morgan fingerprint density at radius 1 is 0.914 bits per heavy atom. The first-order chi connectivity index (χ1) is 28.0. The van der Waals surface area contributed by atoms with E-state index in [0.717, 1.165) is 83.5 Å². The van der Waals surface area contributed by atoms with E-state index in [-0.39, 0.29) is 17.6 Å². The molecule has 1 saturated heterocycles. The molecule has 2 aliphatic heterocycles. The van der Waals surface area contributed by atoms with E-state index in [2.05, 4.69) is 26.2 Å². The van der Waals surface area contributed by atoms with Crippen LogP contribution in [-0.4, -0.2) is 77.7 Å². The lowest BCUT2D eigenvalue weighted by Crippen LogP contribution is -2.35. The summed E-state index contributed by atoms with van der Waals surface area (Å²) in [5.41, 5.74) is 5.41. The number of aromatic nitrogens is 2. The molecule has 2 aliphatic rings. The number of fused-ring (bicyclic) bond motifs is 2. The molecule has 12 heteroatoms. The van der Waals surface area contributed by atoms with E-state index in [1.54, 1.807) is 0 Å². The van der Waals surface area contributed by atoms with Gasteiger partial charge in [-0.2, -0.15) is 0 Å². The van der Waals surface area contributed by atoms with Crippen molar-refractivity contribution in [3.05, 3.63) is 101 Å². The first-order valence-electron chi connectivity index (χ1n) is 20.3. The molecule has 304 valence electrons. The number of carbonyl (C=O) groups is 3. The van der Waals surface area contributed by atoms with Crippen LogP contribution in [0.4, 0.5) is 10.9 Å². The molecule has 0 unspecified atom stereocenters. The molecule has 58 heavy (non-hydrogen) atoms. The SMILES string of the molecule is CCOC(=O)CC1CCN(CCCOc2cccc(-c3ccc(N4CCc5cccc(C(=O)Nc6nc7ccccc7s6)c5C4)nc3C(=O)OC(C)(C)C)c2C)CC1. The van der Waals surface area contributed by atoms with E-state index in [1.807, 2.05) is 101 Å². The molecule has 4 heterocycles. The van der Waals surface area contributed by atoms with Crippen molar-refractivity contribution in [3.63, 3.8) is 0 Å². The molecule has 0 radical (unpaired) electrons. The number of benzene rings is 3. The number of likely N-dealkylation sites (tertiary alicyclic amines) is 1. The topological polar surface area (TPSA) is 123 Å². The van der Waals surface area contributed by atoms with Gasteiger partial charge >= 0.3 is 11.9 Å². The summed E-state index contributed by atoms with van der Waals surface area (Å²) in [7, 11) is 0. The Balaban J connectivity index is 1.06. The Kier molecular flexibility index (Phi) is 12.7. The summed E-state index contributed by atoms with van der Waals surface area (Å²) in [4.78, 5) is 53.7. The monoisotopic (exact) mass is 803 g/mol. The minimum absolute atomic E-state index is 0.0937. The van der Waals surface area contributed by atoms with Gasteiger partial charge in [0, 0.05) is 37.2 Å². The maximum Gasteiger partial charge on any atom is 0.358 e. The fourth-order valence-electron chi connectivity index (χ4n) is 7.81. The number of ether oxygens (including phenoxy) is 3. The zero-order valence-corrected chi connectivity index (χ0v) is 35.0. The van der Waals surface area contributed by atoms with Crippen molar-refractivity contribution >= 4 is 50.3 Å². The molecule has 11 nitrogen and oxygen atoms in total. The van der Waals surface area contributed by atoms with Gasteiger partial charge in [0.25, 0.3) is 5.91 Å². The Morgan fingerprint density at radius 2 is 1.71 bits per heavy atom. The predicted octanol–water partition coefficient (Wildman–Crippen LogP) is 8.87. The van der Waals surface area contributed by atoms with Crippen LogP contribution < -0.4 is 15.0 Å². The molecule has 0 saturated carbocycles. The summed E-state index contributed by atoms with van der Waals surface area (Å²) >= 11 is 1.45. The smallest absolute Gasteiger partial charge is 0.358 e. The molecule has 3 aromatic carbocycles. The third-order valence-corrected chi connectivity index (χ3v) is 11.7. The average Bonchev–Trinajstić information content (AvgIpc) is 3.62. The number of hydrogen-bond acceptors (Lipinski definition) is 11. The fraction of sp³-hybridized carbons (Fsp3) is 0.413. The molecule has 1 amide bonds. The van der Waals surface area contributed by atoms with Crippen molar-refractivity contribution < 1.29 is 28.6 Å². The highest BCUT2D eigenvalue weighted by molar-refractivity contribution is 7.22. The summed E-state index contributed by atoms with van der Waals surface area (Å²) in [5, 5.41) is 3.58. The predicted molar refractivity (Wildman–Crippen MR) is 229 cm³/mol. The number of pyridine rings is 1. The van der Waals surface area contributed by atoms with Crippen LogP contribution in [0, 0.1) is 12.8 Å². The average molecular weight is 804 g/mol. The van der Waals surface area contributed by atoms with Gasteiger partial charge in [0.1, 0.15) is 17.2 Å². The van der Waals surface area contributed by atoms with Crippen molar-refractivity contribution in [2.24, 2.45) is 5.92 Å². The van der Waals surface area contributed by atoms with Crippen LogP contribution in [0.2, 0.25) is 0 Å². The van der Waals surface area contributed by atoms with Gasteiger partial charge in [0.15, 0.2) is 10.8 Å². The van der Waals surface area contributed by atoms with E-state index in [1.165, 1.54) is 11.3 Å². The van der Waals surface area contributed by atoms with Crippen LogP contribution in [-0.2, 0) is 27.2 Å². The van der Waals surface area contributed by atoms with E-state index < -0.39 is 11.6 Å². The van der Waals surface area contributed by atoms with E-state index in [0.29, 0.717) is 60.7 Å². The van der Waals surface area contributed by atoms with Crippen LogP contribution in [0.25, 0.3) is 21.3 Å². The molecule has 0 spiro atoms. The molecule has 0 bridgehead atoms. The van der Waals surface area contributed by atoms with Crippen LogP contribution in [0.15, 0.2) is 72.8 Å². The molecule has 1 fully saturated rings. The number of amides is 1. The Bertz CT molecular complexity index is 2240. The van der Waals surface area contributed by atoms with Crippen LogP contribution in [0.1, 0.15) is 90.9 Å². The minimum atomic E-state index is -0.724. The quantitative estimate of drug-likeness (QED) is 0.0913. The first-order valence-corrected chi connectivity index (χ1v) is 21.1. The van der Waals surface area contributed by atoms with Crippen LogP contribution in [0.5, 0.6) is 5.75 Å². The summed E-state index contributed by atoms with van der Waals surface area (Å²) in [6.45, 7) is 14.4. The van der Waals surface area contributed by atoms with E-state index >= 15 is 0 Å². The van der Waals surface area contributed by atoms with Crippen molar-refractivity contribution in [3.8, 4) is 16.9 Å². The van der Waals surface area contributed by atoms with Crippen molar-refractivity contribution in [2.45, 2.75) is 78.9 Å². The van der Waals surface area contributed by atoms with Gasteiger partial charge in [0.05, 0.1) is 23.4 Å². The number of nitrogens with zero attached hydrogens (tertiary/aromatic N) is 4. The van der Waals surface area contributed by atoms with Gasteiger partial charge in [0.2, 0.25) is 0 Å². The molecule has 0 aliphatic carbocycles. The van der Waals surface area contributed by atoms with Gasteiger partial charge in [-0.15, -0.1) is 0 Å². The second kappa shape index (κ2) is 18.1. The lowest BCUT2D eigenvalue weighted by molar-refractivity contribution is -0.144. The molecule has 2 aromatic heterocycles. The normalized spacial score (nSPS) is 14.9. The lowest BCUT2D eigenvalue weighted by atomic mass is 9.93. The Labute approximate surface area is 344 Å². The molecular weight excluding hydrogens is 751 g/mol. The molecule has 1 N–H and O–H groups in total.